The van der Waals surface area contributed by atoms with Crippen molar-refractivity contribution >= 4 is 11.9 Å². The molecule has 166 valence electrons. The normalized spacial score (nSPS) is 11.4. The number of hydrogen-bond donors (Lipinski definition) is 1. The van der Waals surface area contributed by atoms with Gasteiger partial charge in [-0.25, -0.2) is 0 Å². The van der Waals surface area contributed by atoms with Gasteiger partial charge < -0.3 is 14.8 Å². The van der Waals surface area contributed by atoms with Crippen molar-refractivity contribution in [2.45, 2.75) is 38.3 Å². The van der Waals surface area contributed by atoms with Crippen molar-refractivity contribution < 1.29 is 19.1 Å². The third-order valence-electron chi connectivity index (χ3n) is 5.15. The molecule has 0 saturated carbocycles. The van der Waals surface area contributed by atoms with Gasteiger partial charge in [-0.15, -0.1) is 0 Å². The van der Waals surface area contributed by atoms with Gasteiger partial charge in [0.2, 0.25) is 5.91 Å². The average Bonchev–Trinajstić information content (AvgIpc) is 2.83. The van der Waals surface area contributed by atoms with E-state index >= 15 is 0 Å². The molecule has 0 heterocycles. The van der Waals surface area contributed by atoms with Gasteiger partial charge in [0.25, 0.3) is 0 Å². The molecule has 0 aliphatic heterocycles. The summed E-state index contributed by atoms with van der Waals surface area (Å²) in [5.41, 5.74) is 3.13. The maximum atomic E-state index is 12.6. The first-order valence-corrected chi connectivity index (χ1v) is 10.8. The minimum absolute atomic E-state index is 0.0612. The Labute approximate surface area is 189 Å². The predicted octanol–water partition coefficient (Wildman–Crippen LogP) is 4.49. The van der Waals surface area contributed by atoms with Gasteiger partial charge in [-0.2, -0.15) is 0 Å². The van der Waals surface area contributed by atoms with Crippen molar-refractivity contribution in [2.24, 2.45) is 0 Å². The summed E-state index contributed by atoms with van der Waals surface area (Å²) in [6.07, 6.45) is 1.70. The van der Waals surface area contributed by atoms with Crippen LogP contribution in [-0.4, -0.2) is 25.0 Å². The second kappa shape index (κ2) is 12.3. The van der Waals surface area contributed by atoms with E-state index in [1.165, 1.54) is 7.11 Å². The molecule has 5 nitrogen and oxygen atoms in total. The molecule has 3 aromatic rings. The molecule has 32 heavy (non-hydrogen) atoms. The lowest BCUT2D eigenvalue weighted by Gasteiger charge is -2.19. The lowest BCUT2D eigenvalue weighted by atomic mass is 10.0. The molecule has 0 aliphatic rings. The van der Waals surface area contributed by atoms with E-state index in [0.717, 1.165) is 22.4 Å². The number of benzene rings is 3. The van der Waals surface area contributed by atoms with Crippen LogP contribution in [0.25, 0.3) is 0 Å². The van der Waals surface area contributed by atoms with Gasteiger partial charge in [0, 0.05) is 12.5 Å². The summed E-state index contributed by atoms with van der Waals surface area (Å²) >= 11 is 0. The molecular weight excluding hydrogens is 402 g/mol. The van der Waals surface area contributed by atoms with Crippen LogP contribution in [0.15, 0.2) is 84.9 Å². The first kappa shape index (κ1) is 23.1. The molecule has 0 fully saturated rings. The van der Waals surface area contributed by atoms with Crippen LogP contribution < -0.4 is 10.1 Å². The van der Waals surface area contributed by atoms with Crippen LogP contribution >= 0.6 is 0 Å². The standard InChI is InChI=1S/C27H29NO4/c1-31-27(30)17-14-24(28-26(29)19-21-8-4-2-5-9-21)18-22-12-15-25(16-13-22)32-20-23-10-6-3-7-11-23/h2-13,15-16,24H,14,17-20H2,1H3,(H,28,29). The Hall–Kier alpha value is -3.60. The summed E-state index contributed by atoms with van der Waals surface area (Å²) in [5.74, 6) is 0.447. The van der Waals surface area contributed by atoms with Crippen LogP contribution in [0, 0.1) is 0 Å². The fraction of sp³-hybridized carbons (Fsp3) is 0.259. The Morgan fingerprint density at radius 1 is 0.812 bits per heavy atom. The number of ether oxygens (including phenoxy) is 2. The molecule has 1 amide bonds. The number of esters is 1. The average molecular weight is 432 g/mol. The number of rotatable bonds is 11. The minimum atomic E-state index is -0.281. The first-order valence-electron chi connectivity index (χ1n) is 10.8. The quantitative estimate of drug-likeness (QED) is 0.455. The second-order valence-corrected chi connectivity index (χ2v) is 7.66. The Morgan fingerprint density at radius 2 is 1.44 bits per heavy atom. The zero-order valence-electron chi connectivity index (χ0n) is 18.3. The molecule has 3 rings (SSSR count). The van der Waals surface area contributed by atoms with Crippen LogP contribution in [0.2, 0.25) is 0 Å². The van der Waals surface area contributed by atoms with Gasteiger partial charge in [-0.05, 0) is 41.7 Å². The van der Waals surface area contributed by atoms with Gasteiger partial charge in [-0.1, -0.05) is 72.8 Å². The monoisotopic (exact) mass is 431 g/mol. The van der Waals surface area contributed by atoms with E-state index in [1.54, 1.807) is 0 Å². The molecule has 0 radical (unpaired) electrons. The molecular formula is C27H29NO4. The molecule has 0 aromatic heterocycles. The van der Waals surface area contributed by atoms with Crippen molar-refractivity contribution in [1.29, 1.82) is 0 Å². The van der Waals surface area contributed by atoms with E-state index in [9.17, 15) is 9.59 Å². The number of carbonyl (C=O) groups excluding carboxylic acids is 2. The van der Waals surface area contributed by atoms with Crippen LogP contribution in [0.1, 0.15) is 29.5 Å². The zero-order valence-corrected chi connectivity index (χ0v) is 18.3. The van der Waals surface area contributed by atoms with Gasteiger partial charge in [0.1, 0.15) is 12.4 Å². The molecule has 0 spiro atoms. The van der Waals surface area contributed by atoms with Gasteiger partial charge in [0.15, 0.2) is 0 Å². The fourth-order valence-corrected chi connectivity index (χ4v) is 3.43. The third-order valence-corrected chi connectivity index (χ3v) is 5.15. The number of nitrogens with one attached hydrogen (secondary N) is 1. The highest BCUT2D eigenvalue weighted by Crippen LogP contribution is 2.17. The van der Waals surface area contributed by atoms with Crippen molar-refractivity contribution in [3.63, 3.8) is 0 Å². The lowest BCUT2D eigenvalue weighted by molar-refractivity contribution is -0.141. The fourth-order valence-electron chi connectivity index (χ4n) is 3.43. The largest absolute Gasteiger partial charge is 0.489 e. The van der Waals surface area contributed by atoms with Crippen molar-refractivity contribution in [3.05, 3.63) is 102 Å². The van der Waals surface area contributed by atoms with Crippen molar-refractivity contribution in [1.82, 2.24) is 5.32 Å². The predicted molar refractivity (Wildman–Crippen MR) is 124 cm³/mol. The van der Waals surface area contributed by atoms with E-state index in [-0.39, 0.29) is 24.3 Å². The lowest BCUT2D eigenvalue weighted by Crippen LogP contribution is -2.37. The van der Waals surface area contributed by atoms with Gasteiger partial charge in [-0.3, -0.25) is 9.59 Å². The molecule has 0 aliphatic carbocycles. The van der Waals surface area contributed by atoms with Crippen LogP contribution in [-0.2, 0) is 33.8 Å². The van der Waals surface area contributed by atoms with E-state index in [0.29, 0.717) is 25.9 Å². The summed E-state index contributed by atoms with van der Waals surface area (Å²) in [4.78, 5) is 24.2. The molecule has 1 unspecified atom stereocenters. The number of hydrogen-bond acceptors (Lipinski definition) is 4. The maximum Gasteiger partial charge on any atom is 0.305 e. The Balaban J connectivity index is 1.57. The molecule has 0 bridgehead atoms. The Kier molecular flexibility index (Phi) is 8.87. The smallest absolute Gasteiger partial charge is 0.305 e. The SMILES string of the molecule is COC(=O)CCC(Cc1ccc(OCc2ccccc2)cc1)NC(=O)Cc1ccccc1. The van der Waals surface area contributed by atoms with E-state index in [2.05, 4.69) is 5.32 Å². The van der Waals surface area contributed by atoms with E-state index < -0.39 is 0 Å². The highest BCUT2D eigenvalue weighted by Gasteiger charge is 2.16. The summed E-state index contributed by atoms with van der Waals surface area (Å²) in [6.45, 7) is 0.511. The Morgan fingerprint density at radius 3 is 2.06 bits per heavy atom. The van der Waals surface area contributed by atoms with Crippen LogP contribution in [0.3, 0.4) is 0 Å². The van der Waals surface area contributed by atoms with Crippen molar-refractivity contribution in [3.8, 4) is 5.75 Å². The van der Waals surface area contributed by atoms with Crippen LogP contribution in [0.5, 0.6) is 5.75 Å². The number of methoxy groups -OCH3 is 1. The van der Waals surface area contributed by atoms with E-state index in [1.807, 2.05) is 84.9 Å². The first-order chi connectivity index (χ1) is 15.6. The summed E-state index contributed by atoms with van der Waals surface area (Å²) in [5, 5.41) is 3.08. The number of amides is 1. The molecule has 1 N–H and O–H groups in total. The highest BCUT2D eigenvalue weighted by molar-refractivity contribution is 5.79. The molecule has 3 aromatic carbocycles. The van der Waals surface area contributed by atoms with Crippen molar-refractivity contribution in [2.75, 3.05) is 7.11 Å². The minimum Gasteiger partial charge on any atom is -0.489 e. The summed E-state index contributed by atoms with van der Waals surface area (Å²) < 4.78 is 10.6. The maximum absolute atomic E-state index is 12.6. The zero-order chi connectivity index (χ0) is 22.6. The number of carbonyl (C=O) groups is 2. The van der Waals surface area contributed by atoms with Crippen LogP contribution in [0.4, 0.5) is 0 Å². The van der Waals surface area contributed by atoms with Gasteiger partial charge >= 0.3 is 5.97 Å². The summed E-state index contributed by atoms with van der Waals surface area (Å²) in [6, 6.07) is 27.3. The molecule has 0 saturated heterocycles. The third kappa shape index (κ3) is 7.91. The Bertz CT molecular complexity index is 972. The molecule has 1 atom stereocenters. The topological polar surface area (TPSA) is 64.6 Å². The summed E-state index contributed by atoms with van der Waals surface area (Å²) in [7, 11) is 1.37. The molecule has 5 heteroatoms. The second-order valence-electron chi connectivity index (χ2n) is 7.66. The highest BCUT2D eigenvalue weighted by atomic mass is 16.5. The van der Waals surface area contributed by atoms with E-state index in [4.69, 9.17) is 9.47 Å². The van der Waals surface area contributed by atoms with Gasteiger partial charge in [0.05, 0.1) is 13.5 Å².